The Morgan fingerprint density at radius 1 is 1.22 bits per heavy atom. The summed E-state index contributed by atoms with van der Waals surface area (Å²) in [5, 5.41) is 10.5. The van der Waals surface area contributed by atoms with Crippen molar-refractivity contribution in [1.29, 1.82) is 0 Å². The third-order valence-corrected chi connectivity index (χ3v) is 2.90. The van der Waals surface area contributed by atoms with E-state index in [1.54, 1.807) is 0 Å². The molecular formula is C10H8ClNO5S. The number of halogens is 1. The molecule has 0 aromatic heterocycles. The minimum atomic E-state index is -4.71. The van der Waals surface area contributed by atoms with Crippen LogP contribution in [0, 0.1) is 0 Å². The van der Waals surface area contributed by atoms with Gasteiger partial charge in [-0.2, -0.15) is 8.42 Å². The lowest BCUT2D eigenvalue weighted by Gasteiger charge is -2.10. The Balaban J connectivity index is 2.80. The van der Waals surface area contributed by atoms with Crippen LogP contribution in [-0.4, -0.2) is 18.1 Å². The number of rotatable bonds is 2. The van der Waals surface area contributed by atoms with Crippen LogP contribution in [0.15, 0.2) is 24.3 Å². The highest BCUT2D eigenvalue weighted by molar-refractivity contribution is 7.81. The summed E-state index contributed by atoms with van der Waals surface area (Å²) < 4.78 is 34.4. The van der Waals surface area contributed by atoms with Crippen molar-refractivity contribution in [2.24, 2.45) is 0 Å². The molecule has 2 aromatic rings. The third kappa shape index (κ3) is 2.42. The zero-order valence-corrected chi connectivity index (χ0v) is 10.4. The highest BCUT2D eigenvalue weighted by Gasteiger charge is 2.15. The van der Waals surface area contributed by atoms with Crippen LogP contribution >= 0.6 is 11.6 Å². The van der Waals surface area contributed by atoms with Gasteiger partial charge < -0.3 is 15.0 Å². The zero-order chi connectivity index (χ0) is 13.5. The molecule has 0 atom stereocenters. The van der Waals surface area contributed by atoms with Crippen molar-refractivity contribution in [3.05, 3.63) is 29.3 Å². The Bertz CT molecular complexity index is 729. The van der Waals surface area contributed by atoms with Gasteiger partial charge in [-0.1, -0.05) is 17.7 Å². The van der Waals surface area contributed by atoms with Gasteiger partial charge in [0, 0.05) is 21.9 Å². The summed E-state index contributed by atoms with van der Waals surface area (Å²) in [5.74, 6) is -0.620. The summed E-state index contributed by atoms with van der Waals surface area (Å²) in [4.78, 5) is 0. The number of phenolic OH excluding ortho intramolecular Hbond substituents is 1. The molecule has 0 unspecified atom stereocenters. The number of aromatic hydroxyl groups is 1. The molecule has 4 N–H and O–H groups in total. The number of phenols is 1. The van der Waals surface area contributed by atoms with Gasteiger partial charge in [0.05, 0.1) is 5.69 Å². The van der Waals surface area contributed by atoms with Gasteiger partial charge in [-0.3, -0.25) is 4.55 Å². The van der Waals surface area contributed by atoms with Crippen LogP contribution in [-0.2, 0) is 10.4 Å². The minimum absolute atomic E-state index is 0.0596. The van der Waals surface area contributed by atoms with Crippen molar-refractivity contribution in [3.63, 3.8) is 0 Å². The number of anilines is 1. The fourth-order valence-corrected chi connectivity index (χ4v) is 2.09. The summed E-state index contributed by atoms with van der Waals surface area (Å²) in [5.41, 5.74) is 5.70. The Hall–Kier alpha value is -1.70. The predicted octanol–water partition coefficient (Wildman–Crippen LogP) is 1.96. The van der Waals surface area contributed by atoms with Crippen LogP contribution in [0.1, 0.15) is 0 Å². The number of hydrogen-bond donors (Lipinski definition) is 3. The normalized spacial score (nSPS) is 11.7. The number of benzene rings is 2. The first kappa shape index (κ1) is 12.7. The fourth-order valence-electron chi connectivity index (χ4n) is 1.56. The molecule has 0 fully saturated rings. The second-order valence-corrected chi connectivity index (χ2v) is 4.97. The topological polar surface area (TPSA) is 110 Å². The highest BCUT2D eigenvalue weighted by atomic mass is 35.5. The second-order valence-electron chi connectivity index (χ2n) is 3.51. The summed E-state index contributed by atoms with van der Waals surface area (Å²) in [6, 6.07) is 5.43. The van der Waals surface area contributed by atoms with Gasteiger partial charge in [0.15, 0.2) is 5.75 Å². The van der Waals surface area contributed by atoms with Crippen molar-refractivity contribution < 1.29 is 22.3 Å². The molecule has 0 heterocycles. The lowest BCUT2D eigenvalue weighted by molar-refractivity contribution is 0.387. The van der Waals surface area contributed by atoms with Gasteiger partial charge in [-0.15, -0.1) is 0 Å². The Morgan fingerprint density at radius 2 is 1.89 bits per heavy atom. The highest BCUT2D eigenvalue weighted by Crippen LogP contribution is 2.38. The van der Waals surface area contributed by atoms with Crippen LogP contribution in [0.4, 0.5) is 5.69 Å². The molecule has 0 saturated heterocycles. The molecule has 6 nitrogen and oxygen atoms in total. The van der Waals surface area contributed by atoms with Gasteiger partial charge in [-0.25, -0.2) is 0 Å². The molecular weight excluding hydrogens is 282 g/mol. The molecule has 2 aromatic carbocycles. The minimum Gasteiger partial charge on any atom is -0.506 e. The SMILES string of the molecule is Nc1c(O)cc(OS(=O)(=O)O)c2cc(Cl)ccc12. The van der Waals surface area contributed by atoms with E-state index in [0.717, 1.165) is 6.07 Å². The Kier molecular flexibility index (Phi) is 2.97. The standard InChI is InChI=1S/C10H8ClNO5S/c11-5-1-2-6-7(3-5)9(17-18(14,15)16)4-8(13)10(6)12/h1-4,13H,12H2,(H,14,15,16). The maximum atomic E-state index is 10.7. The van der Waals surface area contributed by atoms with Crippen molar-refractivity contribution in [3.8, 4) is 11.5 Å². The molecule has 18 heavy (non-hydrogen) atoms. The third-order valence-electron chi connectivity index (χ3n) is 2.28. The summed E-state index contributed by atoms with van der Waals surface area (Å²) in [6.07, 6.45) is 0. The predicted molar refractivity (Wildman–Crippen MR) is 67.2 cm³/mol. The van der Waals surface area contributed by atoms with Crippen LogP contribution in [0.25, 0.3) is 10.8 Å². The van der Waals surface area contributed by atoms with Gasteiger partial charge in [-0.05, 0) is 12.1 Å². The zero-order valence-electron chi connectivity index (χ0n) is 8.79. The van der Waals surface area contributed by atoms with E-state index in [-0.39, 0.29) is 22.6 Å². The monoisotopic (exact) mass is 289 g/mol. The molecule has 0 radical (unpaired) electrons. The number of hydrogen-bond acceptors (Lipinski definition) is 5. The quantitative estimate of drug-likeness (QED) is 0.443. The average molecular weight is 290 g/mol. The van der Waals surface area contributed by atoms with Crippen LogP contribution in [0.5, 0.6) is 11.5 Å². The van der Waals surface area contributed by atoms with Gasteiger partial charge in [0.25, 0.3) is 0 Å². The van der Waals surface area contributed by atoms with E-state index in [9.17, 15) is 13.5 Å². The fraction of sp³-hybridized carbons (Fsp3) is 0. The van der Waals surface area contributed by atoms with E-state index in [0.29, 0.717) is 10.4 Å². The Labute approximate surface area is 108 Å². The Morgan fingerprint density at radius 3 is 2.50 bits per heavy atom. The lowest BCUT2D eigenvalue weighted by atomic mass is 10.1. The first-order valence-electron chi connectivity index (χ1n) is 4.65. The van der Waals surface area contributed by atoms with E-state index in [4.69, 9.17) is 21.9 Å². The molecule has 0 aliphatic carbocycles. The molecule has 8 heteroatoms. The van der Waals surface area contributed by atoms with Gasteiger partial charge >= 0.3 is 10.4 Å². The molecule has 0 amide bonds. The molecule has 0 aliphatic heterocycles. The summed E-state index contributed by atoms with van der Waals surface area (Å²) in [7, 11) is -4.71. The van der Waals surface area contributed by atoms with Crippen LogP contribution < -0.4 is 9.92 Å². The van der Waals surface area contributed by atoms with Gasteiger partial charge in [0.1, 0.15) is 5.75 Å². The molecule has 0 spiro atoms. The second kappa shape index (κ2) is 4.20. The maximum absolute atomic E-state index is 10.7. The van der Waals surface area contributed by atoms with E-state index >= 15 is 0 Å². The smallest absolute Gasteiger partial charge is 0.446 e. The average Bonchev–Trinajstić information content (AvgIpc) is 2.23. The first-order chi connectivity index (χ1) is 8.28. The molecule has 0 aliphatic rings. The number of fused-ring (bicyclic) bond motifs is 1. The van der Waals surface area contributed by atoms with Crippen molar-refractivity contribution in [2.75, 3.05) is 5.73 Å². The first-order valence-corrected chi connectivity index (χ1v) is 6.40. The van der Waals surface area contributed by atoms with Gasteiger partial charge in [0.2, 0.25) is 0 Å². The van der Waals surface area contributed by atoms with E-state index in [1.165, 1.54) is 18.2 Å². The van der Waals surface area contributed by atoms with Crippen molar-refractivity contribution in [2.45, 2.75) is 0 Å². The summed E-state index contributed by atoms with van der Waals surface area (Å²) >= 11 is 5.78. The maximum Gasteiger partial charge on any atom is 0.446 e. The van der Waals surface area contributed by atoms with Crippen molar-refractivity contribution in [1.82, 2.24) is 0 Å². The number of nitrogen functional groups attached to an aromatic ring is 1. The van der Waals surface area contributed by atoms with Crippen LogP contribution in [0.3, 0.4) is 0 Å². The molecule has 2 rings (SSSR count). The number of nitrogens with two attached hydrogens (primary N) is 1. The largest absolute Gasteiger partial charge is 0.506 e. The van der Waals surface area contributed by atoms with Crippen LogP contribution in [0.2, 0.25) is 5.02 Å². The molecule has 96 valence electrons. The van der Waals surface area contributed by atoms with E-state index < -0.39 is 10.4 Å². The van der Waals surface area contributed by atoms with Crippen molar-refractivity contribution >= 4 is 38.5 Å². The summed E-state index contributed by atoms with van der Waals surface area (Å²) in [6.45, 7) is 0. The van der Waals surface area contributed by atoms with E-state index in [2.05, 4.69) is 4.18 Å². The molecule has 0 saturated carbocycles. The van der Waals surface area contributed by atoms with E-state index in [1.807, 2.05) is 0 Å². The molecule has 0 bridgehead atoms. The lowest BCUT2D eigenvalue weighted by Crippen LogP contribution is -2.07.